The van der Waals surface area contributed by atoms with Crippen molar-refractivity contribution in [2.45, 2.75) is 38.9 Å². The van der Waals surface area contributed by atoms with Gasteiger partial charge < -0.3 is 10.6 Å². The van der Waals surface area contributed by atoms with Gasteiger partial charge in [-0.15, -0.1) is 12.4 Å². The minimum Gasteiger partial charge on any atom is -0.342 e. The number of nitrogens with two attached hydrogens (primary N) is 1. The van der Waals surface area contributed by atoms with Crippen molar-refractivity contribution in [3.8, 4) is 0 Å². The molecule has 18 heavy (non-hydrogen) atoms. The molecule has 1 rings (SSSR count). The maximum atomic E-state index is 12.4. The molecule has 2 unspecified atom stereocenters. The number of hydrogen-bond donors (Lipinski definition) is 1. The second-order valence-corrected chi connectivity index (χ2v) is 4.79. The van der Waals surface area contributed by atoms with E-state index in [1.807, 2.05) is 0 Å². The van der Waals surface area contributed by atoms with Gasteiger partial charge in [0.15, 0.2) is 0 Å². The largest absolute Gasteiger partial charge is 0.391 e. The molecular formula is C11H20ClF3N2O. The molecule has 0 saturated carbocycles. The summed E-state index contributed by atoms with van der Waals surface area (Å²) in [6.45, 7) is 3.80. The highest BCUT2D eigenvalue weighted by Crippen LogP contribution is 2.34. The van der Waals surface area contributed by atoms with Crippen molar-refractivity contribution in [3.63, 3.8) is 0 Å². The summed E-state index contributed by atoms with van der Waals surface area (Å²) in [5.41, 5.74) is 5.61. The van der Waals surface area contributed by atoms with Gasteiger partial charge in [0, 0.05) is 19.1 Å². The summed E-state index contributed by atoms with van der Waals surface area (Å²) in [5.74, 6) is -1.74. The monoisotopic (exact) mass is 288 g/mol. The van der Waals surface area contributed by atoms with Gasteiger partial charge in [-0.05, 0) is 19.8 Å². The summed E-state index contributed by atoms with van der Waals surface area (Å²) in [6, 6.07) is -0.275. The van der Waals surface area contributed by atoms with E-state index in [1.54, 1.807) is 13.8 Å². The Morgan fingerprint density at radius 2 is 1.72 bits per heavy atom. The number of hydrogen-bond acceptors (Lipinski definition) is 2. The van der Waals surface area contributed by atoms with Crippen LogP contribution in [-0.4, -0.2) is 36.1 Å². The summed E-state index contributed by atoms with van der Waals surface area (Å²) in [6.07, 6.45) is -4.14. The fourth-order valence-corrected chi connectivity index (χ4v) is 1.94. The minimum atomic E-state index is -4.14. The van der Waals surface area contributed by atoms with E-state index in [4.69, 9.17) is 5.73 Å². The van der Waals surface area contributed by atoms with E-state index in [2.05, 4.69) is 0 Å². The predicted molar refractivity (Wildman–Crippen MR) is 65.4 cm³/mol. The van der Waals surface area contributed by atoms with E-state index in [0.29, 0.717) is 0 Å². The van der Waals surface area contributed by atoms with Crippen LogP contribution in [0.15, 0.2) is 0 Å². The summed E-state index contributed by atoms with van der Waals surface area (Å²) in [7, 11) is 0. The van der Waals surface area contributed by atoms with Crippen LogP contribution >= 0.6 is 12.4 Å². The quantitative estimate of drug-likeness (QED) is 0.847. The average molecular weight is 289 g/mol. The third-order valence-corrected chi connectivity index (χ3v) is 3.45. The van der Waals surface area contributed by atoms with E-state index in [-0.39, 0.29) is 56.2 Å². The van der Waals surface area contributed by atoms with Gasteiger partial charge in [0.1, 0.15) is 0 Å². The molecule has 1 aliphatic rings. The number of likely N-dealkylation sites (tertiary alicyclic amines) is 1. The Hall–Kier alpha value is -0.490. The van der Waals surface area contributed by atoms with Gasteiger partial charge >= 0.3 is 6.18 Å². The average Bonchev–Trinajstić information content (AvgIpc) is 2.26. The number of amides is 1. The van der Waals surface area contributed by atoms with Crippen LogP contribution in [-0.2, 0) is 4.79 Å². The van der Waals surface area contributed by atoms with Crippen LogP contribution < -0.4 is 5.73 Å². The summed E-state index contributed by atoms with van der Waals surface area (Å²) in [5, 5.41) is 0. The van der Waals surface area contributed by atoms with Gasteiger partial charge in [-0.2, -0.15) is 13.2 Å². The first kappa shape index (κ1) is 17.5. The molecule has 1 saturated heterocycles. The minimum absolute atomic E-state index is 0. The predicted octanol–water partition coefficient (Wildman–Crippen LogP) is 2.19. The van der Waals surface area contributed by atoms with Crippen LogP contribution in [0.2, 0.25) is 0 Å². The molecule has 0 aliphatic carbocycles. The molecule has 1 aliphatic heterocycles. The highest BCUT2D eigenvalue weighted by molar-refractivity contribution is 5.85. The van der Waals surface area contributed by atoms with Crippen LogP contribution in [0.5, 0.6) is 0 Å². The Bertz CT molecular complexity index is 276. The molecule has 0 aromatic rings. The fourth-order valence-electron chi connectivity index (χ4n) is 1.94. The number of alkyl halides is 3. The highest BCUT2D eigenvalue weighted by Gasteiger charge is 2.42. The van der Waals surface area contributed by atoms with Crippen molar-refractivity contribution < 1.29 is 18.0 Å². The van der Waals surface area contributed by atoms with Gasteiger partial charge in [0.2, 0.25) is 5.91 Å². The molecule has 3 nitrogen and oxygen atoms in total. The zero-order valence-corrected chi connectivity index (χ0v) is 11.4. The van der Waals surface area contributed by atoms with Crippen molar-refractivity contribution in [3.05, 3.63) is 0 Å². The zero-order valence-electron chi connectivity index (χ0n) is 10.5. The van der Waals surface area contributed by atoms with Crippen LogP contribution in [0.25, 0.3) is 0 Å². The normalized spacial score (nSPS) is 21.1. The van der Waals surface area contributed by atoms with Crippen molar-refractivity contribution in [2.75, 3.05) is 13.1 Å². The lowest BCUT2D eigenvalue weighted by atomic mass is 9.94. The molecule has 2 N–H and O–H groups in total. The van der Waals surface area contributed by atoms with E-state index < -0.39 is 12.1 Å². The molecule has 0 bridgehead atoms. The van der Waals surface area contributed by atoms with Crippen LogP contribution in [0.1, 0.15) is 26.7 Å². The number of carbonyl (C=O) groups excluding carboxylic acids is 1. The van der Waals surface area contributed by atoms with Gasteiger partial charge in [-0.1, -0.05) is 6.92 Å². The third-order valence-electron chi connectivity index (χ3n) is 3.45. The first-order valence-electron chi connectivity index (χ1n) is 5.84. The molecule has 0 spiro atoms. The molecule has 1 amide bonds. The molecule has 108 valence electrons. The first-order chi connectivity index (χ1) is 7.73. The van der Waals surface area contributed by atoms with Crippen molar-refractivity contribution in [1.29, 1.82) is 0 Å². The lowest BCUT2D eigenvalue weighted by Crippen LogP contribution is -2.47. The Balaban J connectivity index is 0.00000289. The summed E-state index contributed by atoms with van der Waals surface area (Å²) in [4.78, 5) is 13.4. The Morgan fingerprint density at radius 1 is 1.28 bits per heavy atom. The highest BCUT2D eigenvalue weighted by atomic mass is 35.5. The van der Waals surface area contributed by atoms with Gasteiger partial charge in [-0.3, -0.25) is 4.79 Å². The molecule has 2 atom stereocenters. The van der Waals surface area contributed by atoms with E-state index in [1.165, 1.54) is 4.90 Å². The van der Waals surface area contributed by atoms with E-state index in [9.17, 15) is 18.0 Å². The molecule has 0 aromatic carbocycles. The van der Waals surface area contributed by atoms with Crippen LogP contribution in [0, 0.1) is 11.8 Å². The summed E-state index contributed by atoms with van der Waals surface area (Å²) >= 11 is 0. The Morgan fingerprint density at radius 3 is 2.06 bits per heavy atom. The second kappa shape index (κ2) is 6.61. The van der Waals surface area contributed by atoms with E-state index in [0.717, 1.165) is 0 Å². The van der Waals surface area contributed by atoms with Crippen molar-refractivity contribution >= 4 is 18.3 Å². The Kier molecular flexibility index (Phi) is 6.43. The lowest BCUT2D eigenvalue weighted by Gasteiger charge is -2.34. The van der Waals surface area contributed by atoms with E-state index >= 15 is 0 Å². The SMILES string of the molecule is CC(N)C(C)C(=O)N1CCC(C(F)(F)F)CC1.Cl. The molecule has 1 heterocycles. The summed E-state index contributed by atoms with van der Waals surface area (Å²) < 4.78 is 37.3. The molecular weight excluding hydrogens is 269 g/mol. The maximum Gasteiger partial charge on any atom is 0.391 e. The number of halogens is 4. The number of rotatable bonds is 2. The van der Waals surface area contributed by atoms with Gasteiger partial charge in [-0.25, -0.2) is 0 Å². The standard InChI is InChI=1S/C11H19F3N2O.ClH/c1-7(8(2)15)10(17)16-5-3-9(4-6-16)11(12,13)14;/h7-9H,3-6,15H2,1-2H3;1H. The van der Waals surface area contributed by atoms with Crippen molar-refractivity contribution in [1.82, 2.24) is 4.90 Å². The van der Waals surface area contributed by atoms with Crippen LogP contribution in [0.4, 0.5) is 13.2 Å². The third kappa shape index (κ3) is 4.31. The van der Waals surface area contributed by atoms with Gasteiger partial charge in [0.25, 0.3) is 0 Å². The lowest BCUT2D eigenvalue weighted by molar-refractivity contribution is -0.187. The maximum absolute atomic E-state index is 12.4. The Labute approximate surface area is 111 Å². The second-order valence-electron chi connectivity index (χ2n) is 4.79. The number of nitrogens with zero attached hydrogens (tertiary/aromatic N) is 1. The molecule has 0 radical (unpaired) electrons. The fraction of sp³-hybridized carbons (Fsp3) is 0.909. The smallest absolute Gasteiger partial charge is 0.342 e. The van der Waals surface area contributed by atoms with Gasteiger partial charge in [0.05, 0.1) is 11.8 Å². The molecule has 0 aromatic heterocycles. The zero-order chi connectivity index (χ0) is 13.2. The topological polar surface area (TPSA) is 46.3 Å². The number of carbonyl (C=O) groups is 1. The van der Waals surface area contributed by atoms with Crippen LogP contribution in [0.3, 0.4) is 0 Å². The van der Waals surface area contributed by atoms with Crippen molar-refractivity contribution in [2.24, 2.45) is 17.6 Å². The molecule has 1 fully saturated rings. The first-order valence-corrected chi connectivity index (χ1v) is 5.84. The number of piperidine rings is 1. The molecule has 7 heteroatoms.